The van der Waals surface area contributed by atoms with Crippen LogP contribution in [-0.2, 0) is 11.2 Å². The summed E-state index contributed by atoms with van der Waals surface area (Å²) in [4.78, 5) is 22.7. The fourth-order valence-corrected chi connectivity index (χ4v) is 6.98. The molecule has 0 unspecified atom stereocenters. The molecule has 10 nitrogen and oxygen atoms in total. The van der Waals surface area contributed by atoms with Crippen molar-refractivity contribution >= 4 is 27.9 Å². The predicted molar refractivity (Wildman–Crippen MR) is 170 cm³/mol. The van der Waals surface area contributed by atoms with Gasteiger partial charge in [0.2, 0.25) is 0 Å². The maximum atomic E-state index is 6.47. The first-order chi connectivity index (χ1) is 21.2. The van der Waals surface area contributed by atoms with E-state index in [1.807, 2.05) is 6.07 Å². The standard InChI is InChI=1S/C33H41N9O/c1-43-19-5-14-40-15-17-41(18-16-40)25-9-11-26(12-10-25)42-33-30(32(34)35-22-36-33)31(39-42)24-8-13-27-28(21-24)38-29(37-27)20-23-6-3-2-4-7-23/h2-4,6-8,13,21-22,25-26H,5,9-12,14-20H2,1H3,(H,37,38)(H2,34,35,36)/t25-,26-. The number of nitrogens with two attached hydrogens (primary N) is 1. The van der Waals surface area contributed by atoms with E-state index in [1.165, 1.54) is 18.4 Å². The molecule has 1 aliphatic heterocycles. The van der Waals surface area contributed by atoms with Crippen LogP contribution < -0.4 is 5.73 Å². The van der Waals surface area contributed by atoms with Crippen LogP contribution in [0.5, 0.6) is 0 Å². The molecule has 0 bridgehead atoms. The molecule has 1 aliphatic carbocycles. The fraction of sp³-hybridized carbons (Fsp3) is 0.455. The minimum absolute atomic E-state index is 0.295. The lowest BCUT2D eigenvalue weighted by atomic mass is 9.90. The SMILES string of the molecule is COCCCN1CCN([C@H]2CC[C@H](n3nc(-c4ccc5[nH]c(Cc6ccccc6)nc5c4)c4c(N)ncnc43)CC2)CC1. The van der Waals surface area contributed by atoms with Crippen LogP contribution in [0, 0.1) is 0 Å². The Labute approximate surface area is 252 Å². The predicted octanol–water partition coefficient (Wildman–Crippen LogP) is 4.68. The molecule has 7 rings (SSSR count). The average Bonchev–Trinajstić information content (AvgIpc) is 3.64. The van der Waals surface area contributed by atoms with Crippen molar-refractivity contribution in [1.82, 2.24) is 39.5 Å². The smallest absolute Gasteiger partial charge is 0.164 e. The normalized spacial score (nSPS) is 20.3. The Morgan fingerprint density at radius 3 is 2.53 bits per heavy atom. The number of nitrogens with zero attached hydrogens (tertiary/aromatic N) is 7. The maximum absolute atomic E-state index is 6.47. The van der Waals surface area contributed by atoms with Crippen molar-refractivity contribution < 1.29 is 4.74 Å². The summed E-state index contributed by atoms with van der Waals surface area (Å²) >= 11 is 0. The van der Waals surface area contributed by atoms with Crippen LogP contribution in [0.2, 0.25) is 0 Å². The molecule has 0 atom stereocenters. The average molecular weight is 580 g/mol. The Balaban J connectivity index is 1.08. The monoisotopic (exact) mass is 579 g/mol. The van der Waals surface area contributed by atoms with Gasteiger partial charge in [-0.3, -0.25) is 4.90 Å². The molecule has 1 saturated heterocycles. The molecule has 4 heterocycles. The number of ether oxygens (including phenoxy) is 1. The van der Waals surface area contributed by atoms with Crippen molar-refractivity contribution in [1.29, 1.82) is 0 Å². The van der Waals surface area contributed by atoms with Crippen LogP contribution in [0.15, 0.2) is 54.9 Å². The molecule has 0 amide bonds. The number of aromatic amines is 1. The molecule has 1 saturated carbocycles. The lowest BCUT2D eigenvalue weighted by molar-refractivity contribution is 0.0662. The Hall–Kier alpha value is -3.86. The van der Waals surface area contributed by atoms with Crippen LogP contribution >= 0.6 is 0 Å². The van der Waals surface area contributed by atoms with Gasteiger partial charge < -0.3 is 20.4 Å². The molecular weight excluding hydrogens is 538 g/mol. The van der Waals surface area contributed by atoms with Crippen LogP contribution in [0.4, 0.5) is 5.82 Å². The number of nitrogens with one attached hydrogen (secondary N) is 1. The highest BCUT2D eigenvalue weighted by molar-refractivity contribution is 5.99. The number of H-pyrrole nitrogens is 1. The minimum Gasteiger partial charge on any atom is -0.385 e. The third kappa shape index (κ3) is 5.87. The topological polar surface area (TPSA) is 114 Å². The lowest BCUT2D eigenvalue weighted by Crippen LogP contribution is -2.51. The highest BCUT2D eigenvalue weighted by atomic mass is 16.5. The van der Waals surface area contributed by atoms with E-state index < -0.39 is 0 Å². The van der Waals surface area contributed by atoms with Gasteiger partial charge in [-0.25, -0.2) is 19.6 Å². The van der Waals surface area contributed by atoms with Crippen LogP contribution in [0.3, 0.4) is 0 Å². The van der Waals surface area contributed by atoms with Crippen molar-refractivity contribution in [2.24, 2.45) is 0 Å². The van der Waals surface area contributed by atoms with Gasteiger partial charge in [0.15, 0.2) is 5.65 Å². The summed E-state index contributed by atoms with van der Waals surface area (Å²) in [5.41, 5.74) is 12.3. The van der Waals surface area contributed by atoms with Gasteiger partial charge in [-0.05, 0) is 49.8 Å². The van der Waals surface area contributed by atoms with Gasteiger partial charge >= 0.3 is 0 Å². The van der Waals surface area contributed by atoms with Gasteiger partial charge in [0.1, 0.15) is 23.7 Å². The Morgan fingerprint density at radius 1 is 0.953 bits per heavy atom. The van der Waals surface area contributed by atoms with Crippen LogP contribution in [-0.4, -0.2) is 92.0 Å². The first-order valence-electron chi connectivity index (χ1n) is 15.6. The van der Waals surface area contributed by atoms with Crippen molar-refractivity contribution in [3.8, 4) is 11.3 Å². The largest absolute Gasteiger partial charge is 0.385 e. The number of methoxy groups -OCH3 is 1. The maximum Gasteiger partial charge on any atom is 0.164 e. The molecule has 0 radical (unpaired) electrons. The second kappa shape index (κ2) is 12.4. The number of aromatic nitrogens is 6. The van der Waals surface area contributed by atoms with E-state index in [0.717, 1.165) is 104 Å². The van der Waals surface area contributed by atoms with Crippen molar-refractivity contribution in [3.05, 3.63) is 66.2 Å². The van der Waals surface area contributed by atoms with E-state index in [9.17, 15) is 0 Å². The lowest BCUT2D eigenvalue weighted by Gasteiger charge is -2.42. The summed E-state index contributed by atoms with van der Waals surface area (Å²) in [6.45, 7) is 6.60. The number of imidazole rings is 1. The summed E-state index contributed by atoms with van der Waals surface area (Å²) in [6.07, 6.45) is 7.95. The highest BCUT2D eigenvalue weighted by Crippen LogP contribution is 2.37. The summed E-state index contributed by atoms with van der Waals surface area (Å²) in [5, 5.41) is 6.00. The van der Waals surface area contributed by atoms with Crippen LogP contribution in [0.1, 0.15) is 49.5 Å². The molecule has 0 spiro atoms. The summed E-state index contributed by atoms with van der Waals surface area (Å²) in [7, 11) is 1.78. The molecule has 43 heavy (non-hydrogen) atoms. The number of piperazine rings is 1. The number of fused-ring (bicyclic) bond motifs is 2. The Bertz CT molecular complexity index is 1660. The second-order valence-electron chi connectivity index (χ2n) is 12.0. The van der Waals surface area contributed by atoms with Crippen LogP contribution in [0.25, 0.3) is 33.3 Å². The summed E-state index contributed by atoms with van der Waals surface area (Å²) in [5.74, 6) is 1.41. The Morgan fingerprint density at radius 2 is 1.74 bits per heavy atom. The number of hydrogen-bond acceptors (Lipinski definition) is 8. The first-order valence-corrected chi connectivity index (χ1v) is 15.6. The zero-order chi connectivity index (χ0) is 29.2. The minimum atomic E-state index is 0.295. The fourth-order valence-electron chi connectivity index (χ4n) is 6.98. The first kappa shape index (κ1) is 27.9. The van der Waals surface area contributed by atoms with E-state index in [1.54, 1.807) is 13.4 Å². The van der Waals surface area contributed by atoms with E-state index in [-0.39, 0.29) is 0 Å². The van der Waals surface area contributed by atoms with Gasteiger partial charge in [0, 0.05) is 64.5 Å². The quantitative estimate of drug-likeness (QED) is 0.242. The second-order valence-corrected chi connectivity index (χ2v) is 12.0. The molecule has 3 N–H and O–H groups in total. The van der Waals surface area contributed by atoms with E-state index in [4.69, 9.17) is 20.6 Å². The molecule has 10 heteroatoms. The van der Waals surface area contributed by atoms with Gasteiger partial charge in [0.25, 0.3) is 0 Å². The van der Waals surface area contributed by atoms with E-state index in [0.29, 0.717) is 17.9 Å². The molecular formula is C33H41N9O. The third-order valence-electron chi connectivity index (χ3n) is 9.30. The third-order valence-corrected chi connectivity index (χ3v) is 9.30. The number of nitrogen functional groups attached to an aromatic ring is 1. The summed E-state index contributed by atoms with van der Waals surface area (Å²) < 4.78 is 7.36. The van der Waals surface area contributed by atoms with Gasteiger partial charge in [-0.2, -0.15) is 5.10 Å². The van der Waals surface area contributed by atoms with Crippen molar-refractivity contribution in [2.45, 2.75) is 50.6 Å². The zero-order valence-electron chi connectivity index (χ0n) is 25.0. The number of rotatable bonds is 9. The van der Waals surface area contributed by atoms with Gasteiger partial charge in [-0.1, -0.05) is 36.4 Å². The molecule has 224 valence electrons. The van der Waals surface area contributed by atoms with E-state index in [2.05, 4.69) is 71.9 Å². The summed E-state index contributed by atoms with van der Waals surface area (Å²) in [6, 6.07) is 17.6. The molecule has 3 aromatic heterocycles. The highest BCUT2D eigenvalue weighted by Gasteiger charge is 2.31. The van der Waals surface area contributed by atoms with Gasteiger partial charge in [-0.15, -0.1) is 0 Å². The zero-order valence-corrected chi connectivity index (χ0v) is 25.0. The van der Waals surface area contributed by atoms with Crippen molar-refractivity contribution in [2.75, 3.05) is 52.2 Å². The number of benzene rings is 2. The molecule has 2 aliphatic rings. The van der Waals surface area contributed by atoms with E-state index >= 15 is 0 Å². The van der Waals surface area contributed by atoms with Gasteiger partial charge in [0.05, 0.1) is 22.5 Å². The number of hydrogen-bond donors (Lipinski definition) is 2. The Kier molecular flexibility index (Phi) is 8.06. The number of anilines is 1. The molecule has 2 fully saturated rings. The molecule has 5 aromatic rings. The molecule has 2 aromatic carbocycles. The van der Waals surface area contributed by atoms with Crippen molar-refractivity contribution in [3.63, 3.8) is 0 Å².